The molecular weight excluding hydrogens is 252 g/mol. The van der Waals surface area contributed by atoms with E-state index in [4.69, 9.17) is 4.74 Å². The van der Waals surface area contributed by atoms with Crippen molar-refractivity contribution in [1.82, 2.24) is 9.88 Å². The predicted octanol–water partition coefficient (Wildman–Crippen LogP) is 1.93. The van der Waals surface area contributed by atoms with E-state index in [1.54, 1.807) is 6.20 Å². The van der Waals surface area contributed by atoms with Crippen LogP contribution in [0.15, 0.2) is 12.3 Å². The number of carbonyl (C=O) groups is 1. The Morgan fingerprint density at radius 2 is 2.25 bits per heavy atom. The van der Waals surface area contributed by atoms with Gasteiger partial charge in [-0.15, -0.1) is 0 Å². The molecule has 0 amide bonds. The number of hydrogen-bond acceptors (Lipinski definition) is 4. The Kier molecular flexibility index (Phi) is 2.99. The minimum atomic E-state index is 0.207. The fraction of sp³-hybridized carbons (Fsp3) is 0.625. The van der Waals surface area contributed by atoms with E-state index in [9.17, 15) is 4.79 Å². The maximum Gasteiger partial charge on any atom is 0.181 e. The Hall–Kier alpha value is -1.42. The van der Waals surface area contributed by atoms with Crippen molar-refractivity contribution in [2.45, 2.75) is 25.7 Å². The molecule has 106 valence electrons. The number of piperidine rings is 3. The van der Waals surface area contributed by atoms with Crippen LogP contribution in [-0.2, 0) is 6.42 Å². The standard InChI is InChI=1S/C16H20N2O2/c19-15(8-13-10-18-4-1-11(13)2-5-18)14-7-12-3-6-20-16(12)9-17-14/h7,9,11,13H,1-6,8,10H2/t13-/m0/s1. The van der Waals surface area contributed by atoms with Crippen molar-refractivity contribution in [2.75, 3.05) is 26.2 Å². The van der Waals surface area contributed by atoms with Crippen molar-refractivity contribution in [3.05, 3.63) is 23.5 Å². The minimum absolute atomic E-state index is 0.207. The first kappa shape index (κ1) is 12.3. The highest BCUT2D eigenvalue weighted by atomic mass is 16.5. The van der Waals surface area contributed by atoms with Gasteiger partial charge in [0.1, 0.15) is 11.4 Å². The van der Waals surface area contributed by atoms with Crippen LogP contribution in [0.2, 0.25) is 0 Å². The minimum Gasteiger partial charge on any atom is -0.491 e. The van der Waals surface area contributed by atoms with Crippen LogP contribution in [0.3, 0.4) is 0 Å². The Morgan fingerprint density at radius 3 is 3.00 bits per heavy atom. The molecule has 5 heterocycles. The van der Waals surface area contributed by atoms with Crippen LogP contribution in [-0.4, -0.2) is 41.9 Å². The molecule has 1 aromatic heterocycles. The Labute approximate surface area is 119 Å². The molecule has 0 spiro atoms. The van der Waals surface area contributed by atoms with Crippen molar-refractivity contribution in [3.63, 3.8) is 0 Å². The summed E-state index contributed by atoms with van der Waals surface area (Å²) in [5.41, 5.74) is 1.77. The largest absolute Gasteiger partial charge is 0.491 e. The number of carbonyl (C=O) groups excluding carboxylic acids is 1. The lowest BCUT2D eigenvalue weighted by Crippen LogP contribution is -2.47. The summed E-state index contributed by atoms with van der Waals surface area (Å²) in [6.45, 7) is 4.27. The third-order valence-corrected chi connectivity index (χ3v) is 5.10. The number of nitrogens with zero attached hydrogens (tertiary/aromatic N) is 2. The van der Waals surface area contributed by atoms with Crippen LogP contribution in [0.25, 0.3) is 0 Å². The molecule has 0 radical (unpaired) electrons. The van der Waals surface area contributed by atoms with Gasteiger partial charge >= 0.3 is 0 Å². The number of pyridine rings is 1. The van der Waals surface area contributed by atoms with Gasteiger partial charge in [0.15, 0.2) is 5.78 Å². The molecule has 0 aromatic carbocycles. The maximum absolute atomic E-state index is 12.5. The zero-order chi connectivity index (χ0) is 13.5. The fourth-order valence-corrected chi connectivity index (χ4v) is 3.89. The summed E-state index contributed by atoms with van der Waals surface area (Å²) in [6, 6.07) is 1.94. The SMILES string of the molecule is O=C(C[C@H]1CN2CCC1CC2)c1cc2c(cn1)OCC2. The molecule has 1 atom stereocenters. The first-order valence-corrected chi connectivity index (χ1v) is 7.67. The van der Waals surface area contributed by atoms with E-state index in [-0.39, 0.29) is 5.78 Å². The average Bonchev–Trinajstić information content (AvgIpc) is 2.96. The smallest absolute Gasteiger partial charge is 0.181 e. The molecule has 20 heavy (non-hydrogen) atoms. The van der Waals surface area contributed by atoms with Gasteiger partial charge in [-0.25, -0.2) is 4.98 Å². The van der Waals surface area contributed by atoms with E-state index in [2.05, 4.69) is 9.88 Å². The molecule has 0 saturated carbocycles. The topological polar surface area (TPSA) is 42.4 Å². The average molecular weight is 272 g/mol. The summed E-state index contributed by atoms with van der Waals surface area (Å²) in [4.78, 5) is 19.3. The quantitative estimate of drug-likeness (QED) is 0.789. The van der Waals surface area contributed by atoms with Crippen LogP contribution in [0.4, 0.5) is 0 Å². The Bertz CT molecular complexity index is 535. The molecule has 2 bridgehead atoms. The highest BCUT2D eigenvalue weighted by Gasteiger charge is 2.35. The van der Waals surface area contributed by atoms with E-state index >= 15 is 0 Å². The Morgan fingerprint density at radius 1 is 1.40 bits per heavy atom. The van der Waals surface area contributed by atoms with Crippen LogP contribution in [0, 0.1) is 11.8 Å². The molecule has 3 fully saturated rings. The van der Waals surface area contributed by atoms with Gasteiger partial charge in [-0.1, -0.05) is 0 Å². The number of Topliss-reactive ketones (excluding diaryl/α,β-unsaturated/α-hetero) is 1. The number of ketones is 1. The number of hydrogen-bond donors (Lipinski definition) is 0. The molecule has 1 aromatic rings. The maximum atomic E-state index is 12.5. The van der Waals surface area contributed by atoms with Crippen molar-refractivity contribution < 1.29 is 9.53 Å². The first-order valence-electron chi connectivity index (χ1n) is 7.67. The lowest BCUT2D eigenvalue weighted by atomic mass is 9.76. The van der Waals surface area contributed by atoms with E-state index in [0.717, 1.165) is 30.2 Å². The van der Waals surface area contributed by atoms with Crippen LogP contribution in [0.5, 0.6) is 5.75 Å². The van der Waals surface area contributed by atoms with Crippen LogP contribution < -0.4 is 4.74 Å². The summed E-state index contributed by atoms with van der Waals surface area (Å²) in [5.74, 6) is 2.35. The second-order valence-corrected chi connectivity index (χ2v) is 6.30. The molecule has 0 unspecified atom stereocenters. The summed E-state index contributed by atoms with van der Waals surface area (Å²) >= 11 is 0. The van der Waals surface area contributed by atoms with Crippen molar-refractivity contribution in [3.8, 4) is 5.75 Å². The molecule has 4 aliphatic rings. The van der Waals surface area contributed by atoms with Gasteiger partial charge < -0.3 is 9.64 Å². The second kappa shape index (κ2) is 4.85. The summed E-state index contributed by atoms with van der Waals surface area (Å²) < 4.78 is 5.44. The number of ether oxygens (including phenoxy) is 1. The van der Waals surface area contributed by atoms with Crippen molar-refractivity contribution in [1.29, 1.82) is 0 Å². The highest BCUT2D eigenvalue weighted by molar-refractivity contribution is 5.94. The molecule has 4 nitrogen and oxygen atoms in total. The first-order chi connectivity index (χ1) is 9.79. The highest BCUT2D eigenvalue weighted by Crippen LogP contribution is 2.35. The summed E-state index contributed by atoms with van der Waals surface area (Å²) in [7, 11) is 0. The van der Waals surface area contributed by atoms with Crippen LogP contribution in [0.1, 0.15) is 35.3 Å². The van der Waals surface area contributed by atoms with Crippen LogP contribution >= 0.6 is 0 Å². The Balaban J connectivity index is 1.48. The van der Waals surface area contributed by atoms with Gasteiger partial charge in [-0.05, 0) is 43.8 Å². The van der Waals surface area contributed by atoms with Gasteiger partial charge in [-0.3, -0.25) is 4.79 Å². The normalized spacial score (nSPS) is 30.9. The molecule has 4 heteroatoms. The second-order valence-electron chi connectivity index (χ2n) is 6.30. The molecular formula is C16H20N2O2. The monoisotopic (exact) mass is 272 g/mol. The number of fused-ring (bicyclic) bond motifs is 4. The predicted molar refractivity (Wildman–Crippen MR) is 75.0 cm³/mol. The third kappa shape index (κ3) is 2.12. The third-order valence-electron chi connectivity index (χ3n) is 5.10. The molecule has 3 saturated heterocycles. The molecule has 0 aliphatic carbocycles. The van der Waals surface area contributed by atoms with Crippen molar-refractivity contribution >= 4 is 5.78 Å². The van der Waals surface area contributed by atoms with E-state index < -0.39 is 0 Å². The van der Waals surface area contributed by atoms with Crippen molar-refractivity contribution in [2.24, 2.45) is 11.8 Å². The van der Waals surface area contributed by atoms with Gasteiger partial charge in [0.25, 0.3) is 0 Å². The number of rotatable bonds is 3. The molecule has 4 aliphatic heterocycles. The van der Waals surface area contributed by atoms with E-state index in [1.165, 1.54) is 25.9 Å². The van der Waals surface area contributed by atoms with Gasteiger partial charge in [0.2, 0.25) is 0 Å². The zero-order valence-corrected chi connectivity index (χ0v) is 11.7. The van der Waals surface area contributed by atoms with E-state index in [0.29, 0.717) is 24.6 Å². The molecule has 5 rings (SSSR count). The number of aromatic nitrogens is 1. The molecule has 0 N–H and O–H groups in total. The van der Waals surface area contributed by atoms with Gasteiger partial charge in [0.05, 0.1) is 12.8 Å². The summed E-state index contributed by atoms with van der Waals surface area (Å²) in [6.07, 6.45) is 5.81. The van der Waals surface area contributed by atoms with Gasteiger partial charge in [0, 0.05) is 24.9 Å². The summed E-state index contributed by atoms with van der Waals surface area (Å²) in [5, 5.41) is 0. The van der Waals surface area contributed by atoms with Gasteiger partial charge in [-0.2, -0.15) is 0 Å². The zero-order valence-electron chi connectivity index (χ0n) is 11.7. The lowest BCUT2D eigenvalue weighted by molar-refractivity contribution is 0.0439. The van der Waals surface area contributed by atoms with E-state index in [1.807, 2.05) is 6.07 Å². The lowest BCUT2D eigenvalue weighted by Gasteiger charge is -2.44. The fourth-order valence-electron chi connectivity index (χ4n) is 3.89.